The SMILES string of the molecule is [CH2]C(C)CC(CCC)CCCCC. The Morgan fingerprint density at radius 2 is 1.69 bits per heavy atom. The van der Waals surface area contributed by atoms with Crippen LogP contribution in [-0.4, -0.2) is 0 Å². The topological polar surface area (TPSA) is 0 Å². The summed E-state index contributed by atoms with van der Waals surface area (Å²) in [7, 11) is 0. The van der Waals surface area contributed by atoms with Gasteiger partial charge in [0.05, 0.1) is 0 Å². The van der Waals surface area contributed by atoms with Crippen LogP contribution in [0.5, 0.6) is 0 Å². The normalized spacial score (nSPS) is 13.6. The smallest absolute Gasteiger partial charge is 0.0412 e. The van der Waals surface area contributed by atoms with Crippen molar-refractivity contribution in [2.75, 3.05) is 0 Å². The second kappa shape index (κ2) is 8.59. The fraction of sp³-hybridized carbons (Fsp3) is 0.923. The van der Waals surface area contributed by atoms with E-state index in [-0.39, 0.29) is 0 Å². The molecule has 0 bridgehead atoms. The van der Waals surface area contributed by atoms with Crippen LogP contribution < -0.4 is 0 Å². The van der Waals surface area contributed by atoms with E-state index >= 15 is 0 Å². The molecule has 0 N–H and O–H groups in total. The molecule has 0 aromatic carbocycles. The van der Waals surface area contributed by atoms with Crippen molar-refractivity contribution in [1.82, 2.24) is 0 Å². The summed E-state index contributed by atoms with van der Waals surface area (Å²) in [4.78, 5) is 0. The molecule has 0 aliphatic carbocycles. The molecule has 2 atom stereocenters. The third-order valence-corrected chi connectivity index (χ3v) is 2.65. The second-order valence-corrected chi connectivity index (χ2v) is 4.49. The molecule has 0 saturated heterocycles. The van der Waals surface area contributed by atoms with Gasteiger partial charge in [-0.3, -0.25) is 0 Å². The fourth-order valence-electron chi connectivity index (χ4n) is 2.04. The maximum Gasteiger partial charge on any atom is -0.0412 e. The van der Waals surface area contributed by atoms with Gasteiger partial charge < -0.3 is 0 Å². The lowest BCUT2D eigenvalue weighted by Crippen LogP contribution is -2.04. The van der Waals surface area contributed by atoms with E-state index in [4.69, 9.17) is 0 Å². The number of rotatable bonds is 8. The summed E-state index contributed by atoms with van der Waals surface area (Å²) in [5.41, 5.74) is 0. The Bertz CT molecular complexity index is 94.2. The Kier molecular flexibility index (Phi) is 8.59. The Labute approximate surface area is 85.1 Å². The second-order valence-electron chi connectivity index (χ2n) is 4.49. The van der Waals surface area contributed by atoms with E-state index in [0.717, 1.165) is 5.92 Å². The summed E-state index contributed by atoms with van der Waals surface area (Å²) in [5.74, 6) is 1.59. The van der Waals surface area contributed by atoms with Crippen LogP contribution in [0.25, 0.3) is 0 Å². The minimum atomic E-state index is 0.637. The van der Waals surface area contributed by atoms with E-state index in [0.29, 0.717) is 5.92 Å². The van der Waals surface area contributed by atoms with Gasteiger partial charge in [0.2, 0.25) is 0 Å². The first-order valence-corrected chi connectivity index (χ1v) is 6.03. The largest absolute Gasteiger partial charge is 0.0654 e. The molecule has 0 saturated carbocycles. The predicted molar refractivity (Wildman–Crippen MR) is 61.7 cm³/mol. The van der Waals surface area contributed by atoms with Gasteiger partial charge >= 0.3 is 0 Å². The molecule has 0 heteroatoms. The zero-order chi connectivity index (χ0) is 10.1. The van der Waals surface area contributed by atoms with Crippen molar-refractivity contribution in [2.45, 2.75) is 65.7 Å². The number of unbranched alkanes of at least 4 members (excludes halogenated alkanes) is 2. The molecule has 0 aliphatic heterocycles. The van der Waals surface area contributed by atoms with Gasteiger partial charge in [-0.2, -0.15) is 0 Å². The first kappa shape index (κ1) is 13.0. The Hall–Kier alpha value is 0. The molecule has 1 radical (unpaired) electrons. The van der Waals surface area contributed by atoms with E-state index in [1.165, 1.54) is 44.9 Å². The van der Waals surface area contributed by atoms with Gasteiger partial charge in [0.15, 0.2) is 0 Å². The van der Waals surface area contributed by atoms with Crippen LogP contribution in [0.1, 0.15) is 65.7 Å². The molecule has 0 aromatic rings. The average Bonchev–Trinajstić information content (AvgIpc) is 2.04. The maximum atomic E-state index is 4.09. The van der Waals surface area contributed by atoms with E-state index < -0.39 is 0 Å². The minimum absolute atomic E-state index is 0.637. The minimum Gasteiger partial charge on any atom is -0.0654 e. The Morgan fingerprint density at radius 1 is 1.00 bits per heavy atom. The summed E-state index contributed by atoms with van der Waals surface area (Å²) in [5, 5.41) is 0. The quantitative estimate of drug-likeness (QED) is 0.472. The van der Waals surface area contributed by atoms with Crippen LogP contribution >= 0.6 is 0 Å². The van der Waals surface area contributed by atoms with Gasteiger partial charge in [-0.1, -0.05) is 66.2 Å². The van der Waals surface area contributed by atoms with Crippen molar-refractivity contribution in [1.29, 1.82) is 0 Å². The first-order valence-electron chi connectivity index (χ1n) is 6.03. The molecule has 13 heavy (non-hydrogen) atoms. The van der Waals surface area contributed by atoms with Crippen molar-refractivity contribution >= 4 is 0 Å². The molecule has 0 fully saturated rings. The van der Waals surface area contributed by atoms with Gasteiger partial charge in [-0.25, -0.2) is 0 Å². The average molecular weight is 183 g/mol. The van der Waals surface area contributed by atoms with E-state index in [1.807, 2.05) is 0 Å². The van der Waals surface area contributed by atoms with Crippen molar-refractivity contribution in [3.8, 4) is 0 Å². The molecule has 0 amide bonds. The molecule has 0 heterocycles. The highest BCUT2D eigenvalue weighted by atomic mass is 14.1. The van der Waals surface area contributed by atoms with E-state index in [2.05, 4.69) is 27.7 Å². The molecule has 79 valence electrons. The molecule has 0 spiro atoms. The summed E-state index contributed by atoms with van der Waals surface area (Å²) in [6.45, 7) is 10.9. The van der Waals surface area contributed by atoms with Crippen LogP contribution in [0.15, 0.2) is 0 Å². The van der Waals surface area contributed by atoms with Gasteiger partial charge in [0, 0.05) is 0 Å². The summed E-state index contributed by atoms with van der Waals surface area (Å²) >= 11 is 0. The van der Waals surface area contributed by atoms with Crippen molar-refractivity contribution in [2.24, 2.45) is 11.8 Å². The molecule has 0 nitrogen and oxygen atoms in total. The van der Waals surface area contributed by atoms with Crippen molar-refractivity contribution in [3.63, 3.8) is 0 Å². The van der Waals surface area contributed by atoms with Crippen LogP contribution in [0, 0.1) is 18.8 Å². The molecular formula is C13H27. The maximum absolute atomic E-state index is 4.09. The highest BCUT2D eigenvalue weighted by Crippen LogP contribution is 2.22. The van der Waals surface area contributed by atoms with Crippen LogP contribution in [0.2, 0.25) is 0 Å². The third kappa shape index (κ3) is 8.33. The molecule has 0 aliphatic rings. The predicted octanol–water partition coefficient (Wildman–Crippen LogP) is 4.84. The molecule has 2 unspecified atom stereocenters. The number of hydrogen-bond donors (Lipinski definition) is 0. The first-order chi connectivity index (χ1) is 6.20. The van der Waals surface area contributed by atoms with Crippen molar-refractivity contribution < 1.29 is 0 Å². The molecular weight excluding hydrogens is 156 g/mol. The monoisotopic (exact) mass is 183 g/mol. The highest BCUT2D eigenvalue weighted by molar-refractivity contribution is 4.64. The standard InChI is InChI=1S/C13H27/c1-5-7-8-10-13(9-6-2)11-12(3)4/h12-13H,3,5-11H2,1-2,4H3. The lowest BCUT2D eigenvalue weighted by molar-refractivity contribution is 0.363. The Balaban J connectivity index is 3.53. The molecule has 0 aromatic heterocycles. The van der Waals surface area contributed by atoms with E-state index in [1.54, 1.807) is 0 Å². The summed E-state index contributed by atoms with van der Waals surface area (Å²) < 4.78 is 0. The zero-order valence-electron chi connectivity index (χ0n) is 9.81. The van der Waals surface area contributed by atoms with Gasteiger partial charge in [-0.05, 0) is 18.3 Å². The van der Waals surface area contributed by atoms with Crippen molar-refractivity contribution in [3.05, 3.63) is 6.92 Å². The zero-order valence-corrected chi connectivity index (χ0v) is 9.81. The van der Waals surface area contributed by atoms with Crippen LogP contribution in [-0.2, 0) is 0 Å². The molecule has 0 rings (SSSR count). The van der Waals surface area contributed by atoms with Gasteiger partial charge in [-0.15, -0.1) is 0 Å². The summed E-state index contributed by atoms with van der Waals surface area (Å²) in [6.07, 6.45) is 9.69. The highest BCUT2D eigenvalue weighted by Gasteiger charge is 2.09. The van der Waals surface area contributed by atoms with Crippen LogP contribution in [0.4, 0.5) is 0 Å². The van der Waals surface area contributed by atoms with Gasteiger partial charge in [0.25, 0.3) is 0 Å². The third-order valence-electron chi connectivity index (χ3n) is 2.65. The summed E-state index contributed by atoms with van der Waals surface area (Å²) in [6, 6.07) is 0. The van der Waals surface area contributed by atoms with Crippen LogP contribution in [0.3, 0.4) is 0 Å². The Morgan fingerprint density at radius 3 is 2.15 bits per heavy atom. The lowest BCUT2D eigenvalue weighted by atomic mass is 9.89. The fourth-order valence-corrected chi connectivity index (χ4v) is 2.04. The van der Waals surface area contributed by atoms with E-state index in [9.17, 15) is 0 Å². The number of hydrogen-bond acceptors (Lipinski definition) is 0. The van der Waals surface area contributed by atoms with Gasteiger partial charge in [0.1, 0.15) is 0 Å². The lowest BCUT2D eigenvalue weighted by Gasteiger charge is -2.17.